The normalized spacial score (nSPS) is 18.2. The monoisotopic (exact) mass is 331 g/mol. The molecule has 1 unspecified atom stereocenters. The van der Waals surface area contributed by atoms with Crippen LogP contribution in [0.2, 0.25) is 0 Å². The average Bonchev–Trinajstić information content (AvgIpc) is 3.00. The molecule has 1 saturated heterocycles. The summed E-state index contributed by atoms with van der Waals surface area (Å²) >= 11 is 0. The van der Waals surface area contributed by atoms with E-state index in [1.165, 1.54) is 10.7 Å². The second kappa shape index (κ2) is 6.68. The maximum atomic E-state index is 14.2. The van der Waals surface area contributed by atoms with Gasteiger partial charge in [-0.15, -0.1) is 5.10 Å². The first-order chi connectivity index (χ1) is 11.5. The zero-order valence-electron chi connectivity index (χ0n) is 14.2. The highest BCUT2D eigenvalue weighted by atomic mass is 19.1. The number of carbonyl (C=O) groups excluding carboxylic acids is 1. The fourth-order valence-corrected chi connectivity index (χ4v) is 2.86. The highest BCUT2D eigenvalue weighted by molar-refractivity contribution is 5.90. The molecule has 1 N–H and O–H groups in total. The Kier molecular flexibility index (Phi) is 4.62. The van der Waals surface area contributed by atoms with Crippen molar-refractivity contribution in [2.24, 2.45) is 0 Å². The molecular weight excluding hydrogens is 309 g/mol. The van der Waals surface area contributed by atoms with Gasteiger partial charge in [-0.1, -0.05) is 26.0 Å². The van der Waals surface area contributed by atoms with E-state index in [1.54, 1.807) is 23.1 Å². The zero-order valence-corrected chi connectivity index (χ0v) is 14.2. The van der Waals surface area contributed by atoms with Gasteiger partial charge in [-0.05, 0) is 19.1 Å². The molecule has 1 aliphatic rings. The summed E-state index contributed by atoms with van der Waals surface area (Å²) in [6.45, 7) is 8.00. The van der Waals surface area contributed by atoms with Crippen LogP contribution in [0.15, 0.2) is 24.3 Å². The first kappa shape index (κ1) is 16.6. The maximum Gasteiger partial charge on any atom is 0.293 e. The van der Waals surface area contributed by atoms with Crippen molar-refractivity contribution in [1.82, 2.24) is 25.0 Å². The SMILES string of the molecule is CC(C)c1nc(C(=O)N2CCNCC2C)nn1-c1ccccc1F. The number of nitrogens with one attached hydrogen (secondary N) is 1. The second-order valence-corrected chi connectivity index (χ2v) is 6.36. The molecule has 3 rings (SSSR count). The molecule has 1 amide bonds. The lowest BCUT2D eigenvalue weighted by Gasteiger charge is -2.33. The lowest BCUT2D eigenvalue weighted by atomic mass is 10.2. The highest BCUT2D eigenvalue weighted by Crippen LogP contribution is 2.20. The number of aromatic nitrogens is 3. The van der Waals surface area contributed by atoms with Crippen molar-refractivity contribution in [2.45, 2.75) is 32.7 Å². The molecule has 24 heavy (non-hydrogen) atoms. The number of halogens is 1. The van der Waals surface area contributed by atoms with Crippen LogP contribution < -0.4 is 5.32 Å². The molecule has 0 radical (unpaired) electrons. The molecule has 6 nitrogen and oxygen atoms in total. The molecule has 1 atom stereocenters. The fourth-order valence-electron chi connectivity index (χ4n) is 2.86. The summed E-state index contributed by atoms with van der Waals surface area (Å²) in [7, 11) is 0. The van der Waals surface area contributed by atoms with Crippen molar-refractivity contribution < 1.29 is 9.18 Å². The van der Waals surface area contributed by atoms with Crippen molar-refractivity contribution in [2.75, 3.05) is 19.6 Å². The first-order valence-electron chi connectivity index (χ1n) is 8.22. The van der Waals surface area contributed by atoms with Gasteiger partial charge >= 0.3 is 0 Å². The van der Waals surface area contributed by atoms with Gasteiger partial charge in [0, 0.05) is 31.6 Å². The molecular formula is C17H22FN5O. The number of hydrogen-bond donors (Lipinski definition) is 1. The van der Waals surface area contributed by atoms with Crippen molar-refractivity contribution in [3.8, 4) is 5.69 Å². The van der Waals surface area contributed by atoms with E-state index in [0.717, 1.165) is 13.1 Å². The molecule has 2 heterocycles. The number of hydrogen-bond acceptors (Lipinski definition) is 4. The van der Waals surface area contributed by atoms with Crippen molar-refractivity contribution in [3.63, 3.8) is 0 Å². The third-order valence-corrected chi connectivity index (χ3v) is 4.18. The molecule has 1 aromatic carbocycles. The predicted molar refractivity (Wildman–Crippen MR) is 88.8 cm³/mol. The Morgan fingerprint density at radius 2 is 2.12 bits per heavy atom. The number of para-hydroxylation sites is 1. The van der Waals surface area contributed by atoms with E-state index in [0.29, 0.717) is 18.1 Å². The van der Waals surface area contributed by atoms with Crippen LogP contribution in [0.1, 0.15) is 43.1 Å². The minimum atomic E-state index is -0.390. The summed E-state index contributed by atoms with van der Waals surface area (Å²) in [5, 5.41) is 7.58. The molecule has 128 valence electrons. The zero-order chi connectivity index (χ0) is 17.3. The lowest BCUT2D eigenvalue weighted by molar-refractivity contribution is 0.0643. The summed E-state index contributed by atoms with van der Waals surface area (Å²) in [6.07, 6.45) is 0. The highest BCUT2D eigenvalue weighted by Gasteiger charge is 2.28. The predicted octanol–water partition coefficient (Wildman–Crippen LogP) is 1.96. The molecule has 0 saturated carbocycles. The van der Waals surface area contributed by atoms with Gasteiger partial charge in [0.15, 0.2) is 0 Å². The largest absolute Gasteiger partial charge is 0.331 e. The molecule has 2 aromatic rings. The summed E-state index contributed by atoms with van der Waals surface area (Å²) in [5.74, 6) is 0.112. The topological polar surface area (TPSA) is 63.1 Å². The van der Waals surface area contributed by atoms with Crippen LogP contribution in [-0.4, -0.2) is 51.2 Å². The van der Waals surface area contributed by atoms with E-state index in [9.17, 15) is 9.18 Å². The summed E-state index contributed by atoms with van der Waals surface area (Å²) < 4.78 is 15.6. The van der Waals surface area contributed by atoms with Crippen LogP contribution in [-0.2, 0) is 0 Å². The standard InChI is InChI=1S/C17H22FN5O/c1-11(2)16-20-15(17(24)22-9-8-19-10-12(22)3)21-23(16)14-7-5-4-6-13(14)18/h4-7,11-12,19H,8-10H2,1-3H3. The van der Waals surface area contributed by atoms with Gasteiger partial charge in [0.2, 0.25) is 5.82 Å². The molecule has 1 aliphatic heterocycles. The van der Waals surface area contributed by atoms with Gasteiger partial charge < -0.3 is 10.2 Å². The van der Waals surface area contributed by atoms with Crippen LogP contribution in [0, 0.1) is 5.82 Å². The number of nitrogens with zero attached hydrogens (tertiary/aromatic N) is 4. The van der Waals surface area contributed by atoms with Gasteiger partial charge in [0.25, 0.3) is 5.91 Å². The van der Waals surface area contributed by atoms with E-state index in [-0.39, 0.29) is 29.5 Å². The van der Waals surface area contributed by atoms with Gasteiger partial charge in [-0.25, -0.2) is 14.1 Å². The van der Waals surface area contributed by atoms with Crippen LogP contribution >= 0.6 is 0 Å². The van der Waals surface area contributed by atoms with Gasteiger partial charge in [-0.3, -0.25) is 4.79 Å². The minimum Gasteiger partial charge on any atom is -0.331 e. The number of piperazine rings is 1. The number of benzene rings is 1. The van der Waals surface area contributed by atoms with Crippen molar-refractivity contribution in [1.29, 1.82) is 0 Å². The summed E-state index contributed by atoms with van der Waals surface area (Å²) in [6, 6.07) is 6.45. The van der Waals surface area contributed by atoms with E-state index in [4.69, 9.17) is 0 Å². The fraction of sp³-hybridized carbons (Fsp3) is 0.471. The van der Waals surface area contributed by atoms with E-state index in [2.05, 4.69) is 15.4 Å². The minimum absolute atomic E-state index is 0.0131. The lowest BCUT2D eigenvalue weighted by Crippen LogP contribution is -2.52. The second-order valence-electron chi connectivity index (χ2n) is 6.36. The third-order valence-electron chi connectivity index (χ3n) is 4.18. The number of rotatable bonds is 3. The first-order valence-corrected chi connectivity index (χ1v) is 8.22. The van der Waals surface area contributed by atoms with Crippen LogP contribution in [0.5, 0.6) is 0 Å². The molecule has 1 fully saturated rings. The number of carbonyl (C=O) groups is 1. The Morgan fingerprint density at radius 1 is 1.38 bits per heavy atom. The molecule has 1 aromatic heterocycles. The molecule has 0 spiro atoms. The quantitative estimate of drug-likeness (QED) is 0.934. The maximum absolute atomic E-state index is 14.2. The average molecular weight is 331 g/mol. The third kappa shape index (κ3) is 3.03. The summed E-state index contributed by atoms with van der Waals surface area (Å²) in [4.78, 5) is 19.0. The molecule has 7 heteroatoms. The van der Waals surface area contributed by atoms with Crippen LogP contribution in [0.4, 0.5) is 4.39 Å². The van der Waals surface area contributed by atoms with E-state index < -0.39 is 0 Å². The van der Waals surface area contributed by atoms with E-state index >= 15 is 0 Å². The van der Waals surface area contributed by atoms with Crippen molar-refractivity contribution >= 4 is 5.91 Å². The van der Waals surface area contributed by atoms with E-state index in [1.807, 2.05) is 20.8 Å². The van der Waals surface area contributed by atoms with Gasteiger partial charge in [0.1, 0.15) is 17.3 Å². The van der Waals surface area contributed by atoms with Crippen molar-refractivity contribution in [3.05, 3.63) is 41.7 Å². The Bertz CT molecular complexity index is 742. The number of amides is 1. The van der Waals surface area contributed by atoms with Crippen LogP contribution in [0.25, 0.3) is 5.69 Å². The smallest absolute Gasteiger partial charge is 0.293 e. The van der Waals surface area contributed by atoms with Gasteiger partial charge in [-0.2, -0.15) is 0 Å². The Labute approximate surface area is 140 Å². The summed E-state index contributed by atoms with van der Waals surface area (Å²) in [5.41, 5.74) is 0.307. The Balaban J connectivity index is 2.00. The molecule has 0 aliphatic carbocycles. The van der Waals surface area contributed by atoms with Crippen LogP contribution in [0.3, 0.4) is 0 Å². The molecule has 0 bridgehead atoms. The van der Waals surface area contributed by atoms with Gasteiger partial charge in [0.05, 0.1) is 0 Å². The Hall–Kier alpha value is -2.28. The Morgan fingerprint density at radius 3 is 2.79 bits per heavy atom.